The Kier molecular flexibility index (Phi) is 13.3. The van der Waals surface area contributed by atoms with Crippen LogP contribution in [-0.2, 0) is 29.6 Å². The highest BCUT2D eigenvalue weighted by atomic mass is 28.4. The van der Waals surface area contributed by atoms with Crippen LogP contribution in [0.1, 0.15) is 55.9 Å². The fourth-order valence-corrected chi connectivity index (χ4v) is 6.33. The number of nitrogens with two attached hydrogens (primary N) is 4. The first-order valence-corrected chi connectivity index (χ1v) is 19.4. The molecule has 0 saturated heterocycles. The lowest BCUT2D eigenvalue weighted by atomic mass is 9.95. The number of hydrogen-bond acceptors (Lipinski definition) is 6. The summed E-state index contributed by atoms with van der Waals surface area (Å²) in [6.07, 6.45) is -6.66. The number of hydrogen-bond donors (Lipinski definition) is 5. The molecule has 0 spiro atoms. The molecule has 0 saturated carbocycles. The van der Waals surface area contributed by atoms with Gasteiger partial charge in [-0.3, -0.25) is 0 Å². The third kappa shape index (κ3) is 10.7. The van der Waals surface area contributed by atoms with Crippen LogP contribution in [0.25, 0.3) is 22.3 Å². The minimum Gasteiger partial charge on any atom is -0.417 e. The number of alkyl halides is 6. The third-order valence-electron chi connectivity index (χ3n) is 9.15. The number of nitrogen functional groups attached to an aromatic ring is 4. The molecule has 4 rings (SSSR count). The quantitative estimate of drug-likeness (QED) is 0.0477. The highest BCUT2D eigenvalue weighted by molar-refractivity contribution is 6.74. The average Bonchev–Trinajstić information content (AvgIpc) is 3.04. The molecule has 0 fully saturated rings. The molecule has 278 valence electrons. The molecule has 0 unspecified atom stereocenters. The Bertz CT molecular complexity index is 1790. The van der Waals surface area contributed by atoms with Gasteiger partial charge in [-0.15, -0.1) is 0 Å². The van der Waals surface area contributed by atoms with Crippen LogP contribution in [-0.4, -0.2) is 26.6 Å². The van der Waals surface area contributed by atoms with Gasteiger partial charge in [0.2, 0.25) is 0 Å². The minimum atomic E-state index is -4.45. The summed E-state index contributed by atoms with van der Waals surface area (Å²) in [6.45, 7) is 11.5. The number of benzene rings is 4. The van der Waals surface area contributed by atoms with Crippen molar-refractivity contribution in [3.05, 3.63) is 95.1 Å². The summed E-state index contributed by atoms with van der Waals surface area (Å²) in [5.41, 5.74) is 26.1. The van der Waals surface area contributed by atoms with Crippen molar-refractivity contribution in [1.82, 2.24) is 0 Å². The van der Waals surface area contributed by atoms with E-state index >= 15 is 0 Å². The predicted molar refractivity (Wildman–Crippen MR) is 198 cm³/mol. The molecular weight excluding hydrogens is 687 g/mol. The van der Waals surface area contributed by atoms with Gasteiger partial charge in [-0.25, -0.2) is 0 Å². The Morgan fingerprint density at radius 3 is 1.39 bits per heavy atom. The largest absolute Gasteiger partial charge is 0.417 e. The minimum absolute atomic E-state index is 0.0251. The van der Waals surface area contributed by atoms with E-state index in [1.54, 1.807) is 24.3 Å². The summed E-state index contributed by atoms with van der Waals surface area (Å²) in [6, 6.07) is 17.1. The topological polar surface area (TPSA) is 134 Å². The number of anilines is 4. The molecule has 9 N–H and O–H groups in total. The van der Waals surface area contributed by atoms with Crippen LogP contribution >= 0.6 is 0 Å². The van der Waals surface area contributed by atoms with Crippen LogP contribution in [0.2, 0.25) is 18.1 Å². The molecule has 51 heavy (non-hydrogen) atoms. The second kappa shape index (κ2) is 16.4. The Balaban J connectivity index is 0.000000286. The molecule has 0 radical (unpaired) electrons. The maximum atomic E-state index is 13.4. The first kappa shape index (κ1) is 41.2. The molecule has 6 nitrogen and oxygen atoms in total. The molecule has 0 aromatic heterocycles. The average molecular weight is 735 g/mol. The maximum absolute atomic E-state index is 13.4. The van der Waals surface area contributed by atoms with Gasteiger partial charge < -0.3 is 32.5 Å². The van der Waals surface area contributed by atoms with E-state index < -0.39 is 31.8 Å². The van der Waals surface area contributed by atoms with Crippen molar-refractivity contribution >= 4 is 31.1 Å². The molecule has 0 aliphatic carbocycles. The zero-order chi connectivity index (χ0) is 38.4. The third-order valence-corrected chi connectivity index (χ3v) is 13.7. The lowest BCUT2D eigenvalue weighted by Crippen LogP contribution is -2.41. The molecule has 4 aromatic rings. The van der Waals surface area contributed by atoms with Crippen LogP contribution in [0.4, 0.5) is 49.1 Å². The number of aryl methyl sites for hydroxylation is 2. The Morgan fingerprint density at radius 1 is 0.627 bits per heavy atom. The van der Waals surface area contributed by atoms with E-state index in [0.717, 1.165) is 24.1 Å². The van der Waals surface area contributed by atoms with Gasteiger partial charge >= 0.3 is 12.4 Å². The monoisotopic (exact) mass is 734 g/mol. The van der Waals surface area contributed by atoms with Crippen molar-refractivity contribution in [3.8, 4) is 22.3 Å². The summed E-state index contributed by atoms with van der Waals surface area (Å²) in [4.78, 5) is 0. The zero-order valence-electron chi connectivity index (χ0n) is 29.6. The van der Waals surface area contributed by atoms with Gasteiger partial charge in [0.1, 0.15) is 0 Å². The van der Waals surface area contributed by atoms with Crippen LogP contribution in [0, 0.1) is 0 Å². The van der Waals surface area contributed by atoms with Crippen molar-refractivity contribution in [2.24, 2.45) is 0 Å². The molecule has 0 aliphatic rings. The SMILES string of the molecule is CC(C)(C)[Si](C)(C)OCCCc1cc(-c2ccccc2C(F)(F)F)cc(N)c1N.Nc1cc(-c2ccccc2C(F)(F)F)cc(CCCO)c1N. The van der Waals surface area contributed by atoms with E-state index in [1.165, 1.54) is 36.4 Å². The van der Waals surface area contributed by atoms with Crippen molar-refractivity contribution < 1.29 is 35.9 Å². The van der Waals surface area contributed by atoms with E-state index in [1.807, 2.05) is 0 Å². The van der Waals surface area contributed by atoms with Crippen LogP contribution < -0.4 is 22.9 Å². The zero-order valence-corrected chi connectivity index (χ0v) is 30.6. The molecule has 4 aromatic carbocycles. The van der Waals surface area contributed by atoms with E-state index in [9.17, 15) is 26.3 Å². The second-order valence-electron chi connectivity index (χ2n) is 13.9. The molecule has 0 atom stereocenters. The summed E-state index contributed by atoms with van der Waals surface area (Å²) in [7, 11) is -1.84. The number of aliphatic hydroxyl groups is 1. The van der Waals surface area contributed by atoms with Gasteiger partial charge in [0.05, 0.1) is 33.9 Å². The maximum Gasteiger partial charge on any atom is 0.417 e. The number of aliphatic hydroxyl groups excluding tert-OH is 1. The standard InChI is InChI=1S/C22H31F3N2OSi.C16H17F3N2O/c1-21(2,3)29(4,5)28-12-8-9-15-13-16(14-19(26)20(15)27)17-10-6-7-11-18(17)22(23,24)25;17-16(18,19)13-6-2-1-5-12(13)11-8-10(4-3-7-22)15(21)14(20)9-11/h6-7,10-11,13-14H,8-9,12,26-27H2,1-5H3;1-2,5-6,8-9,22H,3-4,7,20-21H2. The second-order valence-corrected chi connectivity index (χ2v) is 18.7. The first-order valence-electron chi connectivity index (χ1n) is 16.5. The van der Waals surface area contributed by atoms with Gasteiger partial charge in [-0.1, -0.05) is 57.2 Å². The molecule has 0 bridgehead atoms. The number of rotatable bonds is 10. The summed E-state index contributed by atoms with van der Waals surface area (Å²) in [5.74, 6) is 0. The van der Waals surface area contributed by atoms with Crippen LogP contribution in [0.5, 0.6) is 0 Å². The van der Waals surface area contributed by atoms with Gasteiger partial charge in [0.25, 0.3) is 0 Å². The smallest absolute Gasteiger partial charge is 0.417 e. The fraction of sp³-hybridized carbons (Fsp3) is 0.368. The Labute approximate surface area is 296 Å². The van der Waals surface area contributed by atoms with Crippen molar-refractivity contribution in [1.29, 1.82) is 0 Å². The molecule has 0 heterocycles. The Morgan fingerprint density at radius 2 is 1.02 bits per heavy atom. The van der Waals surface area contributed by atoms with Gasteiger partial charge in [-0.05, 0) is 114 Å². The lowest BCUT2D eigenvalue weighted by molar-refractivity contribution is -0.137. The summed E-state index contributed by atoms with van der Waals surface area (Å²) in [5, 5.41) is 9.03. The van der Waals surface area contributed by atoms with Crippen molar-refractivity contribution in [3.63, 3.8) is 0 Å². The lowest BCUT2D eigenvalue weighted by Gasteiger charge is -2.36. The first-order chi connectivity index (χ1) is 23.6. The molecule has 13 heteroatoms. The number of halogens is 6. The highest BCUT2D eigenvalue weighted by Crippen LogP contribution is 2.41. The van der Waals surface area contributed by atoms with Crippen molar-refractivity contribution in [2.75, 3.05) is 36.1 Å². The molecular formula is C38H48F6N4O2Si. The normalized spacial score (nSPS) is 12.4. The fourth-order valence-electron chi connectivity index (χ4n) is 5.24. The summed E-state index contributed by atoms with van der Waals surface area (Å²) < 4.78 is 85.8. The highest BCUT2D eigenvalue weighted by Gasteiger charge is 2.37. The van der Waals surface area contributed by atoms with E-state index in [4.69, 9.17) is 32.5 Å². The van der Waals surface area contributed by atoms with E-state index in [0.29, 0.717) is 59.6 Å². The van der Waals surface area contributed by atoms with E-state index in [-0.39, 0.29) is 28.5 Å². The van der Waals surface area contributed by atoms with Crippen LogP contribution in [0.3, 0.4) is 0 Å². The van der Waals surface area contributed by atoms with Crippen molar-refractivity contribution in [2.45, 2.75) is 76.9 Å². The molecule has 0 amide bonds. The van der Waals surface area contributed by atoms with E-state index in [2.05, 4.69) is 33.9 Å². The summed E-state index contributed by atoms with van der Waals surface area (Å²) >= 11 is 0. The molecule has 0 aliphatic heterocycles. The van der Waals surface area contributed by atoms with Gasteiger partial charge in [0.15, 0.2) is 8.32 Å². The van der Waals surface area contributed by atoms with Crippen LogP contribution in [0.15, 0.2) is 72.8 Å². The Hall–Kier alpha value is -4.20. The van der Waals surface area contributed by atoms with Gasteiger partial charge in [-0.2, -0.15) is 26.3 Å². The predicted octanol–water partition coefficient (Wildman–Crippen LogP) is 9.95. The van der Waals surface area contributed by atoms with Gasteiger partial charge in [0, 0.05) is 13.2 Å².